The lowest BCUT2D eigenvalue weighted by Gasteiger charge is -2.20. The molecule has 6 heteroatoms. The molecular formula is C18H23ClFN3O. The second-order valence-corrected chi connectivity index (χ2v) is 7.21. The normalized spacial score (nSPS) is 11.6. The largest absolute Gasteiger partial charge is 0.347 e. The van der Waals surface area contributed by atoms with Crippen LogP contribution in [0.25, 0.3) is 0 Å². The molecule has 130 valence electrons. The maximum absolute atomic E-state index is 14.2. The highest BCUT2D eigenvalue weighted by molar-refractivity contribution is 6.34. The average Bonchev–Trinajstić information content (AvgIpc) is 2.77. The van der Waals surface area contributed by atoms with Crippen molar-refractivity contribution in [1.82, 2.24) is 15.1 Å². The molecule has 1 aromatic heterocycles. The molecular weight excluding hydrogens is 329 g/mol. The van der Waals surface area contributed by atoms with E-state index in [0.29, 0.717) is 34.0 Å². The van der Waals surface area contributed by atoms with E-state index in [4.69, 9.17) is 11.6 Å². The third-order valence-electron chi connectivity index (χ3n) is 3.90. The van der Waals surface area contributed by atoms with Crippen LogP contribution in [0.4, 0.5) is 4.39 Å². The van der Waals surface area contributed by atoms with Crippen molar-refractivity contribution in [2.45, 2.75) is 46.1 Å². The number of aromatic nitrogens is 2. The van der Waals surface area contributed by atoms with Gasteiger partial charge in [-0.15, -0.1) is 0 Å². The van der Waals surface area contributed by atoms with E-state index in [2.05, 4.69) is 10.4 Å². The van der Waals surface area contributed by atoms with E-state index in [1.807, 2.05) is 33.8 Å². The van der Waals surface area contributed by atoms with Crippen LogP contribution in [0.15, 0.2) is 18.2 Å². The van der Waals surface area contributed by atoms with Crippen molar-refractivity contribution in [3.63, 3.8) is 0 Å². The monoisotopic (exact) mass is 351 g/mol. The van der Waals surface area contributed by atoms with E-state index in [1.54, 1.807) is 13.1 Å². The van der Waals surface area contributed by atoms with Crippen molar-refractivity contribution in [3.05, 3.63) is 51.6 Å². The molecule has 0 aliphatic heterocycles. The van der Waals surface area contributed by atoms with Crippen molar-refractivity contribution in [3.8, 4) is 0 Å². The van der Waals surface area contributed by atoms with Gasteiger partial charge in [0, 0.05) is 13.6 Å². The molecule has 0 aliphatic carbocycles. The summed E-state index contributed by atoms with van der Waals surface area (Å²) >= 11 is 6.20. The zero-order chi connectivity index (χ0) is 18.1. The molecule has 2 aromatic rings. The minimum Gasteiger partial charge on any atom is -0.347 e. The minimum atomic E-state index is -0.324. The van der Waals surface area contributed by atoms with E-state index in [1.165, 1.54) is 10.7 Å². The number of rotatable bonds is 4. The molecule has 1 heterocycles. The van der Waals surface area contributed by atoms with Crippen LogP contribution in [0.2, 0.25) is 5.02 Å². The number of carbonyl (C=O) groups excluding carboxylic acids is 1. The average molecular weight is 352 g/mol. The Hall–Kier alpha value is -1.88. The number of hydrogen-bond acceptors (Lipinski definition) is 2. The smallest absolute Gasteiger partial charge is 0.271 e. The van der Waals surface area contributed by atoms with Gasteiger partial charge >= 0.3 is 0 Å². The van der Waals surface area contributed by atoms with Crippen molar-refractivity contribution < 1.29 is 9.18 Å². The molecule has 0 radical (unpaired) electrons. The van der Waals surface area contributed by atoms with Gasteiger partial charge in [0.1, 0.15) is 11.5 Å². The van der Waals surface area contributed by atoms with Gasteiger partial charge in [0.15, 0.2) is 0 Å². The van der Waals surface area contributed by atoms with Gasteiger partial charge in [0.05, 0.1) is 10.7 Å². The standard InChI is InChI=1S/C18H23ClFN3O/c1-6-14-15(19)16(23(5)22-14)17(24)21-10-11-7-8-12(13(20)9-11)18(2,3)4/h7-9H,6,10H2,1-5H3,(H,21,24). The molecule has 0 bridgehead atoms. The maximum Gasteiger partial charge on any atom is 0.271 e. The highest BCUT2D eigenvalue weighted by Crippen LogP contribution is 2.25. The van der Waals surface area contributed by atoms with Crippen molar-refractivity contribution >= 4 is 17.5 Å². The van der Waals surface area contributed by atoms with Crippen LogP contribution in [0.3, 0.4) is 0 Å². The Morgan fingerprint density at radius 3 is 2.54 bits per heavy atom. The number of aryl methyl sites for hydroxylation is 2. The van der Waals surface area contributed by atoms with Crippen LogP contribution in [0.1, 0.15) is 55.0 Å². The summed E-state index contributed by atoms with van der Waals surface area (Å²) in [6.45, 7) is 8.03. The fourth-order valence-corrected chi connectivity index (χ4v) is 2.95. The molecule has 0 atom stereocenters. The highest BCUT2D eigenvalue weighted by atomic mass is 35.5. The number of hydrogen-bond donors (Lipinski definition) is 1. The topological polar surface area (TPSA) is 46.9 Å². The van der Waals surface area contributed by atoms with E-state index in [-0.39, 0.29) is 23.7 Å². The van der Waals surface area contributed by atoms with Crippen molar-refractivity contribution in [1.29, 1.82) is 0 Å². The Balaban J connectivity index is 2.13. The molecule has 4 nitrogen and oxygen atoms in total. The summed E-state index contributed by atoms with van der Waals surface area (Å²) in [5.41, 5.74) is 2.10. The predicted octanol–water partition coefficient (Wildman–Crippen LogP) is 4.00. The fraction of sp³-hybridized carbons (Fsp3) is 0.444. The van der Waals surface area contributed by atoms with Crippen LogP contribution >= 0.6 is 11.6 Å². The van der Waals surface area contributed by atoms with Crippen LogP contribution in [0.5, 0.6) is 0 Å². The van der Waals surface area contributed by atoms with Crippen LogP contribution < -0.4 is 5.32 Å². The number of halogens is 2. The second-order valence-electron chi connectivity index (χ2n) is 6.83. The molecule has 0 saturated heterocycles. The van der Waals surface area contributed by atoms with E-state index in [9.17, 15) is 9.18 Å². The van der Waals surface area contributed by atoms with Gasteiger partial charge < -0.3 is 5.32 Å². The SMILES string of the molecule is CCc1nn(C)c(C(=O)NCc2ccc(C(C)(C)C)c(F)c2)c1Cl. The molecule has 24 heavy (non-hydrogen) atoms. The van der Waals surface area contributed by atoms with Gasteiger partial charge in [0.2, 0.25) is 0 Å². The lowest BCUT2D eigenvalue weighted by Crippen LogP contribution is -2.25. The van der Waals surface area contributed by atoms with E-state index >= 15 is 0 Å². The van der Waals surface area contributed by atoms with Gasteiger partial charge in [-0.3, -0.25) is 9.48 Å². The van der Waals surface area contributed by atoms with Crippen LogP contribution in [0, 0.1) is 5.82 Å². The third kappa shape index (κ3) is 3.78. The quantitative estimate of drug-likeness (QED) is 0.904. The third-order valence-corrected chi connectivity index (χ3v) is 4.30. The Bertz CT molecular complexity index is 762. The number of nitrogens with one attached hydrogen (secondary N) is 1. The summed E-state index contributed by atoms with van der Waals surface area (Å²) in [6, 6.07) is 5.05. The highest BCUT2D eigenvalue weighted by Gasteiger charge is 2.21. The number of amides is 1. The molecule has 1 amide bonds. The van der Waals surface area contributed by atoms with Gasteiger partial charge in [-0.05, 0) is 29.0 Å². The molecule has 0 aliphatic rings. The lowest BCUT2D eigenvalue weighted by molar-refractivity contribution is 0.0941. The first-order chi connectivity index (χ1) is 11.1. The summed E-state index contributed by atoms with van der Waals surface area (Å²) in [6.07, 6.45) is 0.652. The Labute approximate surface area is 147 Å². The summed E-state index contributed by atoms with van der Waals surface area (Å²) in [5.74, 6) is -0.587. The number of carbonyl (C=O) groups is 1. The molecule has 0 fully saturated rings. The van der Waals surface area contributed by atoms with Gasteiger partial charge in [0.25, 0.3) is 5.91 Å². The number of benzene rings is 1. The number of nitrogens with zero attached hydrogens (tertiary/aromatic N) is 2. The first kappa shape index (κ1) is 18.5. The van der Waals surface area contributed by atoms with E-state index < -0.39 is 0 Å². The summed E-state index contributed by atoms with van der Waals surface area (Å²) in [5, 5.41) is 7.36. The first-order valence-corrected chi connectivity index (χ1v) is 8.31. The van der Waals surface area contributed by atoms with Gasteiger partial charge in [-0.25, -0.2) is 4.39 Å². The van der Waals surface area contributed by atoms with Gasteiger partial charge in [-0.1, -0.05) is 51.4 Å². The predicted molar refractivity (Wildman–Crippen MR) is 93.9 cm³/mol. The molecule has 0 unspecified atom stereocenters. The summed E-state index contributed by atoms with van der Waals surface area (Å²) in [7, 11) is 1.68. The van der Waals surface area contributed by atoms with Crippen LogP contribution in [-0.2, 0) is 25.4 Å². The van der Waals surface area contributed by atoms with E-state index in [0.717, 1.165) is 0 Å². The molecule has 1 N–H and O–H groups in total. The maximum atomic E-state index is 14.2. The molecule has 1 aromatic carbocycles. The Kier molecular flexibility index (Phi) is 5.33. The zero-order valence-electron chi connectivity index (χ0n) is 14.7. The summed E-state index contributed by atoms with van der Waals surface area (Å²) in [4.78, 5) is 12.3. The first-order valence-electron chi connectivity index (χ1n) is 7.93. The molecule has 2 rings (SSSR count). The fourth-order valence-electron chi connectivity index (χ4n) is 2.57. The Morgan fingerprint density at radius 1 is 1.38 bits per heavy atom. The molecule has 0 spiro atoms. The van der Waals surface area contributed by atoms with Crippen molar-refractivity contribution in [2.24, 2.45) is 7.05 Å². The van der Waals surface area contributed by atoms with Gasteiger partial charge in [-0.2, -0.15) is 5.10 Å². The lowest BCUT2D eigenvalue weighted by atomic mass is 9.86. The van der Waals surface area contributed by atoms with Crippen LogP contribution in [-0.4, -0.2) is 15.7 Å². The summed E-state index contributed by atoms with van der Waals surface area (Å²) < 4.78 is 15.7. The molecule has 0 saturated carbocycles. The van der Waals surface area contributed by atoms with Crippen molar-refractivity contribution in [2.75, 3.05) is 0 Å². The minimum absolute atomic E-state index is 0.225. The second kappa shape index (κ2) is 6.93. The Morgan fingerprint density at radius 2 is 2.04 bits per heavy atom. The zero-order valence-corrected chi connectivity index (χ0v) is 15.5.